The van der Waals surface area contributed by atoms with E-state index in [9.17, 15) is 14.7 Å². The van der Waals surface area contributed by atoms with Crippen LogP contribution in [-0.2, 0) is 4.79 Å². The average Bonchev–Trinajstić information content (AvgIpc) is 2.85. The van der Waals surface area contributed by atoms with E-state index >= 15 is 0 Å². The molecule has 1 saturated heterocycles. The number of nitrogens with zero attached hydrogens (tertiary/aromatic N) is 1. The Morgan fingerprint density at radius 1 is 1.33 bits per heavy atom. The van der Waals surface area contributed by atoms with Gasteiger partial charge in [0.2, 0.25) is 0 Å². The van der Waals surface area contributed by atoms with E-state index in [-0.39, 0.29) is 11.3 Å². The van der Waals surface area contributed by atoms with Crippen molar-refractivity contribution in [3.8, 4) is 0 Å². The van der Waals surface area contributed by atoms with E-state index in [1.807, 2.05) is 32.9 Å². The number of amides is 1. The van der Waals surface area contributed by atoms with Gasteiger partial charge in [-0.1, -0.05) is 19.4 Å². The van der Waals surface area contributed by atoms with Crippen LogP contribution in [0.3, 0.4) is 0 Å². The van der Waals surface area contributed by atoms with Crippen LogP contribution in [0, 0.1) is 13.8 Å². The van der Waals surface area contributed by atoms with Gasteiger partial charge in [0.15, 0.2) is 0 Å². The van der Waals surface area contributed by atoms with E-state index in [4.69, 9.17) is 0 Å². The molecule has 0 saturated carbocycles. The van der Waals surface area contributed by atoms with E-state index in [1.54, 1.807) is 22.7 Å². The molecule has 21 heavy (non-hydrogen) atoms. The predicted molar refractivity (Wildman–Crippen MR) is 84.7 cm³/mol. The van der Waals surface area contributed by atoms with Crippen LogP contribution in [0.5, 0.6) is 0 Å². The average molecular weight is 307 g/mol. The molecule has 1 aliphatic rings. The summed E-state index contributed by atoms with van der Waals surface area (Å²) in [6, 6.07) is 4.83. The molecule has 0 radical (unpaired) electrons. The molecule has 1 aliphatic heterocycles. The molecular formula is C16H21NO3S. The predicted octanol–water partition coefficient (Wildman–Crippen LogP) is 3.07. The minimum Gasteiger partial charge on any atom is -0.480 e. The first-order valence-corrected chi connectivity index (χ1v) is 8.25. The Morgan fingerprint density at radius 3 is 2.62 bits per heavy atom. The lowest BCUT2D eigenvalue weighted by Gasteiger charge is -2.27. The summed E-state index contributed by atoms with van der Waals surface area (Å²) in [4.78, 5) is 25.7. The van der Waals surface area contributed by atoms with Gasteiger partial charge < -0.3 is 10.0 Å². The zero-order chi connectivity index (χ0) is 15.6. The quantitative estimate of drug-likeness (QED) is 0.929. The fraction of sp³-hybridized carbons (Fsp3) is 0.500. The van der Waals surface area contributed by atoms with Gasteiger partial charge >= 0.3 is 5.97 Å². The summed E-state index contributed by atoms with van der Waals surface area (Å²) in [6.45, 7) is 6.01. The number of thioether (sulfide) groups is 1. The zero-order valence-corrected chi connectivity index (χ0v) is 13.4. The van der Waals surface area contributed by atoms with Crippen LogP contribution in [0.25, 0.3) is 0 Å². The molecule has 5 heteroatoms. The second-order valence-corrected chi connectivity index (χ2v) is 6.65. The summed E-state index contributed by atoms with van der Waals surface area (Å²) < 4.78 is 0. The summed E-state index contributed by atoms with van der Waals surface area (Å²) in [5.74, 6) is -0.622. The Morgan fingerprint density at radius 2 is 2.05 bits per heavy atom. The third-order valence-electron chi connectivity index (χ3n) is 3.90. The molecule has 0 aromatic heterocycles. The molecular weight excluding hydrogens is 286 g/mol. The molecule has 2 rings (SSSR count). The van der Waals surface area contributed by atoms with Crippen molar-refractivity contribution >= 4 is 23.6 Å². The van der Waals surface area contributed by atoms with Crippen LogP contribution < -0.4 is 0 Å². The first-order chi connectivity index (χ1) is 9.95. The van der Waals surface area contributed by atoms with Crippen LogP contribution in [0.4, 0.5) is 0 Å². The highest BCUT2D eigenvalue weighted by Gasteiger charge is 2.41. The van der Waals surface area contributed by atoms with Gasteiger partial charge in [-0.15, -0.1) is 11.8 Å². The number of carbonyl (C=O) groups is 2. The van der Waals surface area contributed by atoms with Crippen molar-refractivity contribution in [3.63, 3.8) is 0 Å². The standard InChI is InChI=1S/C16H21NO3S/c1-4-5-14-17(13(9-21-14)16(19)20)15(18)12-7-6-10(2)11(3)8-12/h6-8,13-14H,4-5,9H2,1-3H3,(H,19,20). The highest BCUT2D eigenvalue weighted by atomic mass is 32.2. The van der Waals surface area contributed by atoms with Crippen LogP contribution in [0.15, 0.2) is 18.2 Å². The normalized spacial score (nSPS) is 21.6. The lowest BCUT2D eigenvalue weighted by molar-refractivity contribution is -0.141. The van der Waals surface area contributed by atoms with E-state index in [2.05, 4.69) is 0 Å². The number of benzene rings is 1. The van der Waals surface area contributed by atoms with Crippen molar-refractivity contribution < 1.29 is 14.7 Å². The van der Waals surface area contributed by atoms with Gasteiger partial charge in [0.05, 0.1) is 5.37 Å². The second kappa shape index (κ2) is 6.52. The lowest BCUT2D eigenvalue weighted by Crippen LogP contribution is -2.45. The van der Waals surface area contributed by atoms with Gasteiger partial charge in [-0.2, -0.15) is 0 Å². The third kappa shape index (κ3) is 3.23. The largest absolute Gasteiger partial charge is 0.480 e. The lowest BCUT2D eigenvalue weighted by atomic mass is 10.0. The van der Waals surface area contributed by atoms with E-state index in [1.165, 1.54) is 0 Å². The Bertz CT molecular complexity index is 558. The molecule has 1 N–H and O–H groups in total. The summed E-state index contributed by atoms with van der Waals surface area (Å²) in [5, 5.41) is 9.32. The van der Waals surface area contributed by atoms with Crippen LogP contribution in [0.1, 0.15) is 41.3 Å². The number of carbonyl (C=O) groups excluding carboxylic acids is 1. The van der Waals surface area contributed by atoms with Crippen LogP contribution in [-0.4, -0.2) is 39.1 Å². The number of aryl methyl sites for hydroxylation is 2. The fourth-order valence-electron chi connectivity index (χ4n) is 2.52. The number of carboxylic acids is 1. The number of carboxylic acid groups (broad SMARTS) is 1. The third-order valence-corrected chi connectivity index (χ3v) is 5.26. The van der Waals surface area contributed by atoms with Gasteiger partial charge in [0.25, 0.3) is 5.91 Å². The van der Waals surface area contributed by atoms with Crippen molar-refractivity contribution in [1.82, 2.24) is 4.90 Å². The molecule has 0 bridgehead atoms. The van der Waals surface area contributed by atoms with Crippen molar-refractivity contribution in [2.45, 2.75) is 45.0 Å². The van der Waals surface area contributed by atoms with E-state index in [0.29, 0.717) is 11.3 Å². The number of hydrogen-bond donors (Lipinski definition) is 1. The minimum absolute atomic E-state index is 0.0368. The van der Waals surface area contributed by atoms with Gasteiger partial charge in [0, 0.05) is 11.3 Å². The van der Waals surface area contributed by atoms with Gasteiger partial charge in [-0.25, -0.2) is 4.79 Å². The molecule has 2 unspecified atom stereocenters. The van der Waals surface area contributed by atoms with Crippen molar-refractivity contribution in [3.05, 3.63) is 34.9 Å². The molecule has 1 fully saturated rings. The molecule has 2 atom stereocenters. The molecule has 4 nitrogen and oxygen atoms in total. The molecule has 114 valence electrons. The van der Waals surface area contributed by atoms with Crippen molar-refractivity contribution in [1.29, 1.82) is 0 Å². The van der Waals surface area contributed by atoms with Gasteiger partial charge in [0.1, 0.15) is 6.04 Å². The minimum atomic E-state index is -0.918. The highest BCUT2D eigenvalue weighted by molar-refractivity contribution is 8.00. The Balaban J connectivity index is 2.31. The first kappa shape index (κ1) is 15.9. The summed E-state index contributed by atoms with van der Waals surface area (Å²) in [6.07, 6.45) is 1.76. The smallest absolute Gasteiger partial charge is 0.327 e. The van der Waals surface area contributed by atoms with Crippen LogP contribution >= 0.6 is 11.8 Å². The molecule has 0 aliphatic carbocycles. The number of rotatable bonds is 4. The van der Waals surface area contributed by atoms with E-state index in [0.717, 1.165) is 24.0 Å². The molecule has 1 aromatic rings. The SMILES string of the molecule is CCCC1SCC(C(=O)O)N1C(=O)c1ccc(C)c(C)c1. The summed E-state index contributed by atoms with van der Waals surface area (Å²) in [5.41, 5.74) is 2.75. The van der Waals surface area contributed by atoms with Crippen molar-refractivity contribution in [2.24, 2.45) is 0 Å². The van der Waals surface area contributed by atoms with Crippen molar-refractivity contribution in [2.75, 3.05) is 5.75 Å². The zero-order valence-electron chi connectivity index (χ0n) is 12.6. The molecule has 1 amide bonds. The van der Waals surface area contributed by atoms with Gasteiger partial charge in [-0.05, 0) is 43.5 Å². The highest BCUT2D eigenvalue weighted by Crippen LogP contribution is 2.33. The topological polar surface area (TPSA) is 57.6 Å². The summed E-state index contributed by atoms with van der Waals surface area (Å²) in [7, 11) is 0. The van der Waals surface area contributed by atoms with E-state index < -0.39 is 12.0 Å². The number of aliphatic carboxylic acids is 1. The Kier molecular flexibility index (Phi) is 4.93. The first-order valence-electron chi connectivity index (χ1n) is 7.20. The molecule has 0 spiro atoms. The maximum Gasteiger partial charge on any atom is 0.327 e. The monoisotopic (exact) mass is 307 g/mol. The molecule has 1 aromatic carbocycles. The summed E-state index contributed by atoms with van der Waals surface area (Å²) >= 11 is 1.57. The Hall–Kier alpha value is -1.49. The maximum atomic E-state index is 12.8. The fourth-order valence-corrected chi connectivity index (χ4v) is 4.03. The maximum absolute atomic E-state index is 12.8. The second-order valence-electron chi connectivity index (χ2n) is 5.44. The number of hydrogen-bond acceptors (Lipinski definition) is 3. The van der Waals surface area contributed by atoms with Crippen LogP contribution in [0.2, 0.25) is 0 Å². The van der Waals surface area contributed by atoms with Gasteiger partial charge in [-0.3, -0.25) is 4.79 Å². The Labute approximate surface area is 129 Å². The molecule has 1 heterocycles.